The summed E-state index contributed by atoms with van der Waals surface area (Å²) in [5.41, 5.74) is 2.52. The number of aromatic nitrogens is 2. The molecule has 0 unspecified atom stereocenters. The van der Waals surface area contributed by atoms with Gasteiger partial charge in [-0.05, 0) is 24.6 Å². The third-order valence-electron chi connectivity index (χ3n) is 4.40. The topological polar surface area (TPSA) is 75.3 Å². The molecule has 0 aliphatic carbocycles. The summed E-state index contributed by atoms with van der Waals surface area (Å²) in [4.78, 5) is 34.0. The minimum atomic E-state index is -0.201. The number of nitrogens with zero attached hydrogens (tertiary/aromatic N) is 2. The summed E-state index contributed by atoms with van der Waals surface area (Å²) in [7, 11) is 1.60. The van der Waals surface area contributed by atoms with Crippen molar-refractivity contribution in [3.63, 3.8) is 0 Å². The van der Waals surface area contributed by atoms with Crippen LogP contribution in [0.5, 0.6) is 0 Å². The smallest absolute Gasteiger partial charge is 0.258 e. The molecule has 3 aromatic rings. The quantitative estimate of drug-likeness (QED) is 0.698. The Kier molecular flexibility index (Phi) is 5.98. The monoisotopic (exact) mass is 365 g/mol. The summed E-state index contributed by atoms with van der Waals surface area (Å²) in [5, 5.41) is 0.538. The van der Waals surface area contributed by atoms with Gasteiger partial charge in [-0.15, -0.1) is 0 Å². The molecule has 1 aromatic heterocycles. The number of amides is 1. The number of aryl methyl sites for hydroxylation is 1. The number of hydrogen-bond acceptors (Lipinski definition) is 4. The van der Waals surface area contributed by atoms with Crippen LogP contribution < -0.4 is 5.56 Å². The van der Waals surface area contributed by atoms with E-state index in [-0.39, 0.29) is 18.0 Å². The first-order valence-electron chi connectivity index (χ1n) is 8.87. The fourth-order valence-electron chi connectivity index (χ4n) is 2.88. The second kappa shape index (κ2) is 8.60. The highest BCUT2D eigenvalue weighted by Crippen LogP contribution is 2.10. The third kappa shape index (κ3) is 4.80. The van der Waals surface area contributed by atoms with E-state index >= 15 is 0 Å². The number of nitrogens with one attached hydrogen (secondary N) is 1. The second-order valence-corrected chi connectivity index (χ2v) is 6.50. The zero-order chi connectivity index (χ0) is 19.2. The number of hydrogen-bond donors (Lipinski definition) is 1. The van der Waals surface area contributed by atoms with Crippen LogP contribution in [0.1, 0.15) is 17.0 Å². The Bertz CT molecular complexity index is 980. The molecule has 0 spiro atoms. The molecule has 0 aliphatic heterocycles. The minimum absolute atomic E-state index is 0.0355. The van der Waals surface area contributed by atoms with Crippen molar-refractivity contribution < 1.29 is 9.53 Å². The van der Waals surface area contributed by atoms with E-state index in [2.05, 4.69) is 9.97 Å². The Hall–Kier alpha value is -2.99. The van der Waals surface area contributed by atoms with E-state index in [0.717, 1.165) is 11.1 Å². The number of carbonyl (C=O) groups excluding carboxylic acids is 1. The largest absolute Gasteiger partial charge is 0.383 e. The molecule has 0 saturated heterocycles. The van der Waals surface area contributed by atoms with E-state index in [1.165, 1.54) is 0 Å². The standard InChI is InChI=1S/C21H23N3O3/c1-15-7-9-16(10-8-15)13-20(25)24(11-12-27-2)14-19-22-18-6-4-3-5-17(18)21(26)23-19/h3-10H,11-14H2,1-2H3,(H,22,23,26). The molecule has 1 heterocycles. The number of carbonyl (C=O) groups is 1. The highest BCUT2D eigenvalue weighted by Gasteiger charge is 2.16. The zero-order valence-electron chi connectivity index (χ0n) is 15.6. The summed E-state index contributed by atoms with van der Waals surface area (Å²) in [6, 6.07) is 15.1. The predicted molar refractivity (Wildman–Crippen MR) is 105 cm³/mol. The number of ether oxygens (including phenoxy) is 1. The normalized spacial score (nSPS) is 10.9. The molecule has 0 atom stereocenters. The van der Waals surface area contributed by atoms with Crippen LogP contribution in [0.25, 0.3) is 10.9 Å². The molecule has 27 heavy (non-hydrogen) atoms. The SMILES string of the molecule is COCCN(Cc1nc2ccccc2c(=O)[nH]1)C(=O)Cc1ccc(C)cc1. The van der Waals surface area contributed by atoms with Crippen molar-refractivity contribution in [2.45, 2.75) is 19.9 Å². The number of H-pyrrole nitrogens is 1. The first-order chi connectivity index (χ1) is 13.1. The first-order valence-corrected chi connectivity index (χ1v) is 8.87. The van der Waals surface area contributed by atoms with Gasteiger partial charge in [0.1, 0.15) is 5.82 Å². The van der Waals surface area contributed by atoms with Crippen molar-refractivity contribution in [3.8, 4) is 0 Å². The van der Waals surface area contributed by atoms with Crippen LogP contribution in [0.2, 0.25) is 0 Å². The van der Waals surface area contributed by atoms with Crippen LogP contribution in [0.3, 0.4) is 0 Å². The lowest BCUT2D eigenvalue weighted by atomic mass is 10.1. The Balaban J connectivity index is 1.81. The fraction of sp³-hybridized carbons (Fsp3) is 0.286. The molecule has 2 aromatic carbocycles. The van der Waals surface area contributed by atoms with E-state index in [0.29, 0.717) is 36.3 Å². The molecule has 0 radical (unpaired) electrons. The summed E-state index contributed by atoms with van der Waals surface area (Å²) in [5.74, 6) is 0.429. The Morgan fingerprint density at radius 1 is 1.15 bits per heavy atom. The number of para-hydroxylation sites is 1. The van der Waals surface area contributed by atoms with Crippen molar-refractivity contribution in [2.24, 2.45) is 0 Å². The average Bonchev–Trinajstić information content (AvgIpc) is 2.67. The molecule has 1 amide bonds. The summed E-state index contributed by atoms with van der Waals surface area (Å²) in [6.07, 6.45) is 0.293. The summed E-state index contributed by atoms with van der Waals surface area (Å²) >= 11 is 0. The van der Waals surface area contributed by atoms with Gasteiger partial charge in [-0.25, -0.2) is 4.98 Å². The van der Waals surface area contributed by atoms with Gasteiger partial charge in [0.15, 0.2) is 0 Å². The maximum absolute atomic E-state index is 12.8. The summed E-state index contributed by atoms with van der Waals surface area (Å²) in [6.45, 7) is 3.08. The van der Waals surface area contributed by atoms with Gasteiger partial charge >= 0.3 is 0 Å². The van der Waals surface area contributed by atoms with Crippen molar-refractivity contribution >= 4 is 16.8 Å². The molecule has 0 saturated carbocycles. The Morgan fingerprint density at radius 2 is 1.89 bits per heavy atom. The van der Waals surface area contributed by atoms with E-state index in [9.17, 15) is 9.59 Å². The lowest BCUT2D eigenvalue weighted by Gasteiger charge is -2.22. The summed E-state index contributed by atoms with van der Waals surface area (Å²) < 4.78 is 5.13. The Labute approximate surface area is 157 Å². The highest BCUT2D eigenvalue weighted by atomic mass is 16.5. The van der Waals surface area contributed by atoms with Crippen LogP contribution in [-0.4, -0.2) is 41.0 Å². The van der Waals surface area contributed by atoms with Gasteiger partial charge in [0.2, 0.25) is 5.91 Å². The van der Waals surface area contributed by atoms with E-state index in [4.69, 9.17) is 4.74 Å². The number of rotatable bonds is 7. The highest BCUT2D eigenvalue weighted by molar-refractivity contribution is 5.79. The van der Waals surface area contributed by atoms with E-state index < -0.39 is 0 Å². The lowest BCUT2D eigenvalue weighted by molar-refractivity contribution is -0.131. The zero-order valence-corrected chi connectivity index (χ0v) is 15.6. The molecule has 140 valence electrons. The van der Waals surface area contributed by atoms with Crippen LogP contribution in [-0.2, 0) is 22.5 Å². The fourth-order valence-corrected chi connectivity index (χ4v) is 2.88. The van der Waals surface area contributed by atoms with Gasteiger partial charge in [-0.3, -0.25) is 9.59 Å². The van der Waals surface area contributed by atoms with E-state index in [1.54, 1.807) is 30.2 Å². The molecule has 0 fully saturated rings. The molecular weight excluding hydrogens is 342 g/mol. The number of benzene rings is 2. The molecular formula is C21H23N3O3. The van der Waals surface area contributed by atoms with Crippen LogP contribution in [0.15, 0.2) is 53.3 Å². The molecule has 3 rings (SSSR count). The number of aromatic amines is 1. The first kappa shape index (κ1) is 18.8. The maximum Gasteiger partial charge on any atom is 0.258 e. The number of fused-ring (bicyclic) bond motifs is 1. The Morgan fingerprint density at radius 3 is 2.63 bits per heavy atom. The van der Waals surface area contributed by atoms with Crippen molar-refractivity contribution in [2.75, 3.05) is 20.3 Å². The molecule has 0 aliphatic rings. The third-order valence-corrected chi connectivity index (χ3v) is 4.40. The second-order valence-electron chi connectivity index (χ2n) is 6.50. The lowest BCUT2D eigenvalue weighted by Crippen LogP contribution is -2.35. The maximum atomic E-state index is 12.8. The minimum Gasteiger partial charge on any atom is -0.383 e. The van der Waals surface area contributed by atoms with Crippen LogP contribution in [0.4, 0.5) is 0 Å². The van der Waals surface area contributed by atoms with Gasteiger partial charge in [0.25, 0.3) is 5.56 Å². The van der Waals surface area contributed by atoms with Crippen molar-refractivity contribution in [1.29, 1.82) is 0 Å². The van der Waals surface area contributed by atoms with Crippen molar-refractivity contribution in [3.05, 3.63) is 75.8 Å². The van der Waals surface area contributed by atoms with Crippen LogP contribution >= 0.6 is 0 Å². The molecule has 1 N–H and O–H groups in total. The molecule has 6 nitrogen and oxygen atoms in total. The van der Waals surface area contributed by atoms with Gasteiger partial charge in [0, 0.05) is 13.7 Å². The van der Waals surface area contributed by atoms with Gasteiger partial charge < -0.3 is 14.6 Å². The average molecular weight is 365 g/mol. The molecule has 6 heteroatoms. The van der Waals surface area contributed by atoms with E-state index in [1.807, 2.05) is 37.3 Å². The van der Waals surface area contributed by atoms with Crippen LogP contribution in [0, 0.1) is 6.92 Å². The van der Waals surface area contributed by atoms with Crippen molar-refractivity contribution in [1.82, 2.24) is 14.9 Å². The van der Waals surface area contributed by atoms with Gasteiger partial charge in [0.05, 0.1) is 30.5 Å². The van der Waals surface area contributed by atoms with Gasteiger partial charge in [-0.1, -0.05) is 42.0 Å². The number of methoxy groups -OCH3 is 1. The molecule has 0 bridgehead atoms. The van der Waals surface area contributed by atoms with Gasteiger partial charge in [-0.2, -0.15) is 0 Å². The predicted octanol–water partition coefficient (Wildman–Crippen LogP) is 2.45.